The number of nitrogens with zero attached hydrogens (tertiary/aromatic N) is 2. The molecular weight excluding hydrogens is 348 g/mol. The van der Waals surface area contributed by atoms with Gasteiger partial charge in [-0.2, -0.15) is 0 Å². The van der Waals surface area contributed by atoms with Gasteiger partial charge in [-0.3, -0.25) is 14.6 Å². The molecule has 140 valence electrons. The maximum atomic E-state index is 12.7. The predicted molar refractivity (Wildman–Crippen MR) is 97.9 cm³/mol. The van der Waals surface area contributed by atoms with Crippen molar-refractivity contribution < 1.29 is 24.5 Å². The molecule has 0 radical (unpaired) electrons. The van der Waals surface area contributed by atoms with Gasteiger partial charge in [0.05, 0.1) is 18.4 Å². The number of pyridine rings is 1. The van der Waals surface area contributed by atoms with Crippen molar-refractivity contribution in [2.24, 2.45) is 0 Å². The average Bonchev–Trinajstić information content (AvgIpc) is 2.97. The van der Waals surface area contributed by atoms with Gasteiger partial charge in [-0.05, 0) is 42.8 Å². The Hall–Kier alpha value is -3.19. The summed E-state index contributed by atoms with van der Waals surface area (Å²) >= 11 is 0. The largest absolute Gasteiger partial charge is 0.507 e. The zero-order chi connectivity index (χ0) is 19.4. The lowest BCUT2D eigenvalue weighted by Crippen LogP contribution is -2.31. The summed E-state index contributed by atoms with van der Waals surface area (Å²) in [5.74, 6) is -1.14. The van der Waals surface area contributed by atoms with Gasteiger partial charge in [-0.15, -0.1) is 0 Å². The fourth-order valence-corrected chi connectivity index (χ4v) is 3.10. The minimum Gasteiger partial charge on any atom is -0.507 e. The monoisotopic (exact) mass is 368 g/mol. The molecule has 2 N–H and O–H groups in total. The number of likely N-dealkylation sites (tertiary alicyclic amines) is 1. The van der Waals surface area contributed by atoms with Gasteiger partial charge in [0, 0.05) is 24.9 Å². The van der Waals surface area contributed by atoms with Crippen LogP contribution in [0.4, 0.5) is 0 Å². The van der Waals surface area contributed by atoms with Crippen LogP contribution in [0.1, 0.15) is 23.7 Å². The van der Waals surface area contributed by atoms with Crippen molar-refractivity contribution in [1.82, 2.24) is 9.88 Å². The zero-order valence-corrected chi connectivity index (χ0v) is 14.8. The molecule has 1 aromatic carbocycles. The number of hydrogen-bond donors (Lipinski definition) is 2. The van der Waals surface area contributed by atoms with Crippen LogP contribution in [-0.2, 0) is 9.59 Å². The Balaban J connectivity index is 2.11. The van der Waals surface area contributed by atoms with E-state index in [4.69, 9.17) is 9.84 Å². The van der Waals surface area contributed by atoms with E-state index in [1.165, 1.54) is 12.0 Å². The highest BCUT2D eigenvalue weighted by Gasteiger charge is 2.46. The highest BCUT2D eigenvalue weighted by molar-refractivity contribution is 6.46. The Morgan fingerprint density at radius 2 is 1.93 bits per heavy atom. The van der Waals surface area contributed by atoms with Crippen molar-refractivity contribution in [3.8, 4) is 5.75 Å². The van der Waals surface area contributed by atoms with Gasteiger partial charge in [0.25, 0.3) is 11.7 Å². The predicted octanol–water partition coefficient (Wildman–Crippen LogP) is 1.89. The van der Waals surface area contributed by atoms with Crippen LogP contribution in [0.25, 0.3) is 5.76 Å². The summed E-state index contributed by atoms with van der Waals surface area (Å²) in [6, 6.07) is 10.9. The lowest BCUT2D eigenvalue weighted by atomic mass is 9.98. The van der Waals surface area contributed by atoms with Gasteiger partial charge < -0.3 is 19.8 Å². The van der Waals surface area contributed by atoms with Crippen LogP contribution in [0.5, 0.6) is 5.75 Å². The number of ether oxygens (including phenoxy) is 1. The first-order valence-electron chi connectivity index (χ1n) is 8.53. The van der Waals surface area contributed by atoms with E-state index in [1.807, 2.05) is 0 Å². The molecule has 0 spiro atoms. The van der Waals surface area contributed by atoms with Gasteiger partial charge in [-0.1, -0.05) is 6.07 Å². The summed E-state index contributed by atoms with van der Waals surface area (Å²) in [7, 11) is 1.53. The molecular formula is C20H20N2O5. The number of carbonyl (C=O) groups excluding carboxylic acids is 2. The molecule has 1 fully saturated rings. The molecule has 1 aromatic heterocycles. The van der Waals surface area contributed by atoms with Crippen LogP contribution in [0.3, 0.4) is 0 Å². The first-order chi connectivity index (χ1) is 13.1. The van der Waals surface area contributed by atoms with Gasteiger partial charge >= 0.3 is 0 Å². The van der Waals surface area contributed by atoms with Crippen molar-refractivity contribution in [2.45, 2.75) is 12.5 Å². The summed E-state index contributed by atoms with van der Waals surface area (Å²) in [5.41, 5.74) is 0.864. The summed E-state index contributed by atoms with van der Waals surface area (Å²) < 4.78 is 5.10. The standard InChI is InChI=1S/C20H20N2O5/c1-27-14-8-6-13(7-9-14)18(24)16-17(15-5-2-3-10-21-15)22(11-4-12-23)20(26)19(16)25/h2-3,5-10,17,23-24H,4,11-12H2,1H3/t17-/m1/s1. The van der Waals surface area contributed by atoms with Crippen LogP contribution in [0.2, 0.25) is 0 Å². The molecule has 0 unspecified atom stereocenters. The second-order valence-electron chi connectivity index (χ2n) is 6.05. The van der Waals surface area contributed by atoms with Gasteiger partial charge in [0.1, 0.15) is 17.6 Å². The molecule has 1 amide bonds. The number of benzene rings is 1. The second kappa shape index (κ2) is 8.01. The fraction of sp³-hybridized carbons (Fsp3) is 0.250. The highest BCUT2D eigenvalue weighted by atomic mass is 16.5. The lowest BCUT2D eigenvalue weighted by molar-refractivity contribution is -0.140. The summed E-state index contributed by atoms with van der Waals surface area (Å²) in [6.07, 6.45) is 1.88. The number of aliphatic hydroxyl groups excluding tert-OH is 2. The second-order valence-corrected chi connectivity index (χ2v) is 6.05. The molecule has 1 aliphatic rings. The number of aliphatic hydroxyl groups is 2. The number of ketones is 1. The Morgan fingerprint density at radius 3 is 2.52 bits per heavy atom. The highest BCUT2D eigenvalue weighted by Crippen LogP contribution is 2.38. The first kappa shape index (κ1) is 18.6. The molecule has 0 aliphatic carbocycles. The maximum absolute atomic E-state index is 12.7. The van der Waals surface area contributed by atoms with E-state index in [-0.39, 0.29) is 24.5 Å². The Bertz CT molecular complexity index is 862. The van der Waals surface area contributed by atoms with E-state index < -0.39 is 17.7 Å². The molecule has 0 bridgehead atoms. The number of Topliss-reactive ketones (excluding diaryl/α,β-unsaturated/α-hetero) is 1. The van der Waals surface area contributed by atoms with Crippen molar-refractivity contribution in [3.63, 3.8) is 0 Å². The first-order valence-corrected chi connectivity index (χ1v) is 8.53. The number of hydrogen-bond acceptors (Lipinski definition) is 6. The van der Waals surface area contributed by atoms with E-state index in [1.54, 1.807) is 48.7 Å². The third-order valence-corrected chi connectivity index (χ3v) is 4.43. The van der Waals surface area contributed by atoms with E-state index in [0.717, 1.165) is 0 Å². The van der Waals surface area contributed by atoms with Crippen LogP contribution in [-0.4, -0.2) is 52.0 Å². The Kier molecular flexibility index (Phi) is 5.52. The topological polar surface area (TPSA) is 100.0 Å². The number of carbonyl (C=O) groups is 2. The number of amides is 1. The van der Waals surface area contributed by atoms with Gasteiger partial charge in [0.15, 0.2) is 0 Å². The maximum Gasteiger partial charge on any atom is 0.295 e. The van der Waals surface area contributed by atoms with Gasteiger partial charge in [0.2, 0.25) is 0 Å². The van der Waals surface area contributed by atoms with Crippen LogP contribution in [0.15, 0.2) is 54.2 Å². The molecule has 27 heavy (non-hydrogen) atoms. The third-order valence-electron chi connectivity index (χ3n) is 4.43. The van der Waals surface area contributed by atoms with Crippen molar-refractivity contribution in [1.29, 1.82) is 0 Å². The van der Waals surface area contributed by atoms with E-state index in [9.17, 15) is 14.7 Å². The minimum atomic E-state index is -0.806. The smallest absolute Gasteiger partial charge is 0.295 e. The molecule has 0 saturated carbocycles. The van der Waals surface area contributed by atoms with Crippen molar-refractivity contribution in [2.75, 3.05) is 20.3 Å². The molecule has 2 heterocycles. The number of rotatable bonds is 6. The van der Waals surface area contributed by atoms with Crippen molar-refractivity contribution in [3.05, 3.63) is 65.5 Å². The zero-order valence-electron chi connectivity index (χ0n) is 14.8. The third kappa shape index (κ3) is 3.54. The molecule has 1 atom stereocenters. The minimum absolute atomic E-state index is 0.0122. The summed E-state index contributed by atoms with van der Waals surface area (Å²) in [5, 5.41) is 19.9. The normalized spacial score (nSPS) is 18.7. The van der Waals surface area contributed by atoms with E-state index >= 15 is 0 Å². The molecule has 7 nitrogen and oxygen atoms in total. The molecule has 2 aromatic rings. The van der Waals surface area contributed by atoms with E-state index in [0.29, 0.717) is 23.4 Å². The number of aromatic nitrogens is 1. The quantitative estimate of drug-likeness (QED) is 0.459. The Labute approximate surface area is 156 Å². The number of methoxy groups -OCH3 is 1. The fourth-order valence-electron chi connectivity index (χ4n) is 3.10. The SMILES string of the molecule is COc1ccc(C(O)=C2C(=O)C(=O)N(CCCO)[C@@H]2c2ccccn2)cc1. The Morgan fingerprint density at radius 1 is 1.19 bits per heavy atom. The lowest BCUT2D eigenvalue weighted by Gasteiger charge is -2.24. The molecule has 1 aliphatic heterocycles. The summed E-state index contributed by atoms with van der Waals surface area (Å²) in [6.45, 7) is 0.0676. The average molecular weight is 368 g/mol. The molecule has 3 rings (SSSR count). The van der Waals surface area contributed by atoms with Gasteiger partial charge in [-0.25, -0.2) is 0 Å². The van der Waals surface area contributed by atoms with Crippen LogP contribution < -0.4 is 4.74 Å². The van der Waals surface area contributed by atoms with Crippen LogP contribution >= 0.6 is 0 Å². The molecule has 7 heteroatoms. The molecule has 1 saturated heterocycles. The van der Waals surface area contributed by atoms with E-state index in [2.05, 4.69) is 4.98 Å². The van der Waals surface area contributed by atoms with Crippen LogP contribution in [0, 0.1) is 0 Å². The summed E-state index contributed by atoms with van der Waals surface area (Å²) in [4.78, 5) is 30.8. The van der Waals surface area contributed by atoms with Crippen molar-refractivity contribution >= 4 is 17.4 Å².